The van der Waals surface area contributed by atoms with Crippen LogP contribution in [0.4, 0.5) is 0 Å². The van der Waals surface area contributed by atoms with E-state index < -0.39 is 0 Å². The number of furan rings is 2. The third kappa shape index (κ3) is 10.7. The highest BCUT2D eigenvalue weighted by atomic mass is 35.5. The zero-order valence-corrected chi connectivity index (χ0v) is 57.4. The van der Waals surface area contributed by atoms with Crippen molar-refractivity contribution in [1.29, 1.82) is 0 Å². The third-order valence-electron chi connectivity index (χ3n) is 20.7. The second-order valence-electron chi connectivity index (χ2n) is 26.8. The molecule has 492 valence electrons. The molecule has 105 heavy (non-hydrogen) atoms. The summed E-state index contributed by atoms with van der Waals surface area (Å²) < 4.78 is 15.5. The number of rotatable bonds is 7. The third-order valence-corrected chi connectivity index (χ3v) is 20.9. The molecule has 8 heteroatoms. The summed E-state index contributed by atoms with van der Waals surface area (Å²) in [6, 6.07) is 123. The van der Waals surface area contributed by atoms with Crippen molar-refractivity contribution in [2.24, 2.45) is 0 Å². The van der Waals surface area contributed by atoms with E-state index in [1.165, 1.54) is 70.7 Å². The van der Waals surface area contributed by atoms with Gasteiger partial charge in [-0.05, 0) is 165 Å². The average molecular weight is 1360 g/mol. The zero-order chi connectivity index (χ0) is 69.5. The Morgan fingerprint density at radius 2 is 0.686 bits per heavy atom. The quantitative estimate of drug-likeness (QED) is 0.148. The van der Waals surface area contributed by atoms with Gasteiger partial charge < -0.3 is 8.83 Å². The molecule has 0 saturated heterocycles. The number of hydrogen-bond acceptors (Lipinski definition) is 6. The van der Waals surface area contributed by atoms with E-state index in [1.807, 2.05) is 84.9 Å². The van der Waals surface area contributed by atoms with E-state index in [2.05, 4.69) is 281 Å². The van der Waals surface area contributed by atoms with E-state index in [1.54, 1.807) is 0 Å². The largest absolute Gasteiger partial charge is 0.452 e. The van der Waals surface area contributed by atoms with Crippen LogP contribution in [0, 0.1) is 0 Å². The molecule has 1 aliphatic carbocycles. The summed E-state index contributed by atoms with van der Waals surface area (Å²) in [6.07, 6.45) is 1.05. The van der Waals surface area contributed by atoms with E-state index in [0.29, 0.717) is 22.8 Å². The molecule has 0 fully saturated rings. The van der Waals surface area contributed by atoms with Crippen LogP contribution in [0.3, 0.4) is 0 Å². The Morgan fingerprint density at radius 1 is 0.276 bits per heavy atom. The maximum Gasteiger partial charge on any atom is 0.236 e. The van der Waals surface area contributed by atoms with Gasteiger partial charge in [0.05, 0.1) is 11.0 Å². The Bertz CT molecular complexity index is 6980. The Morgan fingerprint density at radius 3 is 1.22 bits per heavy atom. The molecule has 5 aromatic heterocycles. The molecule has 22 rings (SSSR count). The van der Waals surface area contributed by atoms with Gasteiger partial charge in [-0.25, -0.2) is 19.9 Å². The van der Waals surface area contributed by atoms with Crippen molar-refractivity contribution in [3.05, 3.63) is 368 Å². The molecule has 21 aromatic rings. The van der Waals surface area contributed by atoms with Crippen molar-refractivity contribution in [3.8, 4) is 84.1 Å². The molecule has 1 aliphatic rings. The Labute approximate surface area is 608 Å². The number of nitrogens with zero attached hydrogens (tertiary/aromatic N) is 5. The van der Waals surface area contributed by atoms with Gasteiger partial charge in [0.1, 0.15) is 33.6 Å². The summed E-state index contributed by atoms with van der Waals surface area (Å²) in [4.78, 5) is 19.9. The van der Waals surface area contributed by atoms with Gasteiger partial charge in [-0.2, -0.15) is 0 Å². The Hall–Kier alpha value is -13.6. The van der Waals surface area contributed by atoms with Crippen molar-refractivity contribution in [2.45, 2.75) is 6.42 Å². The van der Waals surface area contributed by atoms with E-state index in [4.69, 9.17) is 30.4 Å². The predicted molar refractivity (Wildman–Crippen MR) is 435 cm³/mol. The fraction of sp³-hybridized carbons (Fsp3) is 0.0103. The molecule has 0 bridgehead atoms. The highest BCUT2D eigenvalue weighted by Crippen LogP contribution is 2.47. The highest BCUT2D eigenvalue weighted by Gasteiger charge is 2.26. The van der Waals surface area contributed by atoms with Crippen molar-refractivity contribution >= 4 is 121 Å². The van der Waals surface area contributed by atoms with Crippen molar-refractivity contribution < 1.29 is 8.83 Å². The smallest absolute Gasteiger partial charge is 0.236 e. The molecule has 0 N–H and O–H groups in total. The minimum absolute atomic E-state index is 0.201. The SMILES string of the molecule is Clc1nc(-c2ccccc2)c2oc3cc(-c4ccccc4)c(-c4ccccc4)cc3c2n1.c1ccc(-c2cc3oc4c(-c5ccccc5)nc(-n5c6cc7ccccc7cc6c6ccc7ccccc7c65)nc4c3cc2-c2ccccc2)cc1.c1ccc2cc3c(cc2c1)Cc1c-3ccc2ccccc12. The Kier molecular flexibility index (Phi) is 14.9. The Balaban J connectivity index is 0.000000117. The summed E-state index contributed by atoms with van der Waals surface area (Å²) in [6.45, 7) is 0. The normalized spacial score (nSPS) is 11.8. The predicted octanol–water partition coefficient (Wildman–Crippen LogP) is 26.4. The molecule has 0 amide bonds. The molecule has 0 unspecified atom stereocenters. The lowest BCUT2D eigenvalue weighted by molar-refractivity contribution is 0.666. The molecular weight excluding hydrogens is 1300 g/mol. The van der Waals surface area contributed by atoms with Gasteiger partial charge in [0, 0.05) is 38.1 Å². The zero-order valence-electron chi connectivity index (χ0n) is 56.6. The van der Waals surface area contributed by atoms with Gasteiger partial charge in [-0.15, -0.1) is 0 Å². The van der Waals surface area contributed by atoms with Crippen LogP contribution >= 0.6 is 11.6 Å². The van der Waals surface area contributed by atoms with E-state index in [-0.39, 0.29) is 5.28 Å². The van der Waals surface area contributed by atoms with Crippen LogP contribution in [0.1, 0.15) is 11.1 Å². The maximum atomic E-state index is 6.83. The van der Waals surface area contributed by atoms with Crippen LogP contribution < -0.4 is 0 Å². The van der Waals surface area contributed by atoms with Crippen LogP contribution in [0.15, 0.2) is 361 Å². The van der Waals surface area contributed by atoms with Crippen molar-refractivity contribution in [3.63, 3.8) is 0 Å². The molecule has 16 aromatic carbocycles. The second kappa shape index (κ2) is 25.5. The van der Waals surface area contributed by atoms with E-state index in [9.17, 15) is 0 Å². The number of aromatic nitrogens is 5. The first kappa shape index (κ1) is 61.3. The molecule has 0 spiro atoms. The number of fused-ring (bicyclic) bond motifs is 18. The standard InChI is InChI=1S/C48H29N3O.C28H17ClN2O.C21H14/c1-4-14-30(15-5-1)38-28-41-43(29-39(38)31-16-6-2-7-17-31)52-47-44(33-19-8-3-9-20-33)49-48(50-45(41)47)51-42-27-35-22-11-10-21-34(35)26-40(42)37-25-24-32-18-12-13-23-36(32)46(37)51;29-28-30-25(20-14-8-3-9-15-20)27-26(31-28)23-16-21(18-10-4-1-5-11-18)22(17-24(23)32-27)19-12-6-2-7-13-19;1-2-7-16-12-20-17(11-15(16)6-1)13-21-18-8-4-3-5-14(18)9-10-19(20)21/h1-29H;1-17H;1-12H,13H2. The molecule has 0 atom stereocenters. The molecular formula is C97H60ClN5O2. The summed E-state index contributed by atoms with van der Waals surface area (Å²) in [5.74, 6) is 0.606. The fourth-order valence-corrected chi connectivity index (χ4v) is 15.9. The highest BCUT2D eigenvalue weighted by molar-refractivity contribution is 6.29. The number of hydrogen-bond donors (Lipinski definition) is 0. The van der Waals surface area contributed by atoms with Crippen LogP contribution in [0.2, 0.25) is 5.28 Å². The van der Waals surface area contributed by atoms with Gasteiger partial charge in [-0.1, -0.05) is 309 Å². The summed E-state index contributed by atoms with van der Waals surface area (Å²) in [5, 5.41) is 14.5. The van der Waals surface area contributed by atoms with E-state index in [0.717, 1.165) is 117 Å². The first-order chi connectivity index (χ1) is 52.0. The monoisotopic (exact) mass is 1360 g/mol. The lowest BCUT2D eigenvalue weighted by atomic mass is 9.93. The average Bonchev–Trinajstić information content (AvgIpc) is 1.57. The van der Waals surface area contributed by atoms with Crippen LogP contribution in [0.25, 0.3) is 193 Å². The van der Waals surface area contributed by atoms with E-state index >= 15 is 0 Å². The van der Waals surface area contributed by atoms with Crippen molar-refractivity contribution in [2.75, 3.05) is 0 Å². The summed E-state index contributed by atoms with van der Waals surface area (Å²) >= 11 is 6.35. The fourth-order valence-electron chi connectivity index (χ4n) is 15.8. The topological polar surface area (TPSA) is 82.8 Å². The van der Waals surface area contributed by atoms with Gasteiger partial charge in [-0.3, -0.25) is 4.57 Å². The number of benzene rings is 16. The molecule has 5 heterocycles. The van der Waals surface area contributed by atoms with Crippen molar-refractivity contribution in [1.82, 2.24) is 24.5 Å². The molecule has 0 radical (unpaired) electrons. The van der Waals surface area contributed by atoms with Gasteiger partial charge in [0.25, 0.3) is 0 Å². The molecule has 7 nitrogen and oxygen atoms in total. The summed E-state index contributed by atoms with van der Waals surface area (Å²) in [5.41, 5.74) is 24.6. The second-order valence-corrected chi connectivity index (χ2v) is 27.2. The van der Waals surface area contributed by atoms with Gasteiger partial charge in [0.15, 0.2) is 11.2 Å². The maximum absolute atomic E-state index is 6.83. The minimum Gasteiger partial charge on any atom is -0.452 e. The lowest BCUT2D eigenvalue weighted by Gasteiger charge is -2.11. The van der Waals surface area contributed by atoms with Crippen LogP contribution in [-0.2, 0) is 6.42 Å². The van der Waals surface area contributed by atoms with Crippen LogP contribution in [-0.4, -0.2) is 24.5 Å². The first-order valence-corrected chi connectivity index (χ1v) is 35.8. The van der Waals surface area contributed by atoms with Gasteiger partial charge in [0.2, 0.25) is 11.2 Å². The molecule has 0 aliphatic heterocycles. The minimum atomic E-state index is 0.201. The first-order valence-electron chi connectivity index (χ1n) is 35.4. The van der Waals surface area contributed by atoms with Gasteiger partial charge >= 0.3 is 0 Å². The lowest BCUT2D eigenvalue weighted by Crippen LogP contribution is -2.03. The summed E-state index contributed by atoms with van der Waals surface area (Å²) in [7, 11) is 0. The molecule has 0 saturated carbocycles. The van der Waals surface area contributed by atoms with Crippen LogP contribution in [0.5, 0.6) is 0 Å². The number of halogens is 1.